The van der Waals surface area contributed by atoms with Gasteiger partial charge in [-0.1, -0.05) is 53.5 Å². The van der Waals surface area contributed by atoms with Gasteiger partial charge in [-0.25, -0.2) is 8.42 Å². The minimum Gasteiger partial charge on any atom is -0.325 e. The van der Waals surface area contributed by atoms with Crippen LogP contribution in [0.1, 0.15) is 12.8 Å². The fourth-order valence-corrected chi connectivity index (χ4v) is 5.49. The largest absolute Gasteiger partial charge is 0.325 e. The first-order valence-electron chi connectivity index (χ1n) is 8.68. The van der Waals surface area contributed by atoms with E-state index in [1.807, 2.05) is 18.2 Å². The number of rotatable bonds is 5. The molecule has 8 heteroatoms. The van der Waals surface area contributed by atoms with Crippen molar-refractivity contribution in [1.29, 1.82) is 0 Å². The minimum absolute atomic E-state index is 0.154. The summed E-state index contributed by atoms with van der Waals surface area (Å²) < 4.78 is 27.2. The van der Waals surface area contributed by atoms with Gasteiger partial charge in [0.05, 0.1) is 26.3 Å². The first-order valence-corrected chi connectivity index (χ1v) is 10.9. The second-order valence-electron chi connectivity index (χ2n) is 6.46. The minimum atomic E-state index is -3.60. The molecule has 28 heavy (non-hydrogen) atoms. The average Bonchev–Trinajstić information content (AvgIpc) is 2.89. The van der Waals surface area contributed by atoms with Crippen molar-refractivity contribution in [1.82, 2.24) is 0 Å². The maximum atomic E-state index is 12.9. The quantitative estimate of drug-likeness (QED) is 0.608. The molecule has 1 heterocycles. The zero-order valence-corrected chi connectivity index (χ0v) is 17.0. The molecule has 0 radical (unpaired) electrons. The molecule has 3 aromatic rings. The van der Waals surface area contributed by atoms with Crippen LogP contribution >= 0.6 is 23.2 Å². The van der Waals surface area contributed by atoms with E-state index in [9.17, 15) is 13.2 Å². The van der Waals surface area contributed by atoms with Crippen LogP contribution in [0.4, 0.5) is 11.4 Å². The molecule has 1 aliphatic rings. The SMILES string of the molecule is O=C(CCCN1c2cccc3cccc(c23)S1(=O)=O)Nc1cccc(Cl)c1Cl. The molecule has 0 aromatic heterocycles. The van der Waals surface area contributed by atoms with Crippen molar-refractivity contribution in [3.05, 3.63) is 64.6 Å². The van der Waals surface area contributed by atoms with Gasteiger partial charge in [0, 0.05) is 18.4 Å². The van der Waals surface area contributed by atoms with Crippen molar-refractivity contribution < 1.29 is 13.2 Å². The third-order valence-corrected chi connectivity index (χ3v) is 7.35. The predicted molar refractivity (Wildman–Crippen MR) is 113 cm³/mol. The number of carbonyl (C=O) groups excluding carboxylic acids is 1. The van der Waals surface area contributed by atoms with E-state index >= 15 is 0 Å². The summed E-state index contributed by atoms with van der Waals surface area (Å²) in [4.78, 5) is 12.6. The Bertz CT molecular complexity index is 1190. The summed E-state index contributed by atoms with van der Waals surface area (Å²) in [5.41, 5.74) is 1.09. The lowest BCUT2D eigenvalue weighted by Crippen LogP contribution is -2.29. The number of sulfonamides is 1. The molecule has 3 aromatic carbocycles. The highest BCUT2D eigenvalue weighted by molar-refractivity contribution is 7.93. The van der Waals surface area contributed by atoms with Gasteiger partial charge in [-0.15, -0.1) is 0 Å². The highest BCUT2D eigenvalue weighted by Gasteiger charge is 2.35. The smallest absolute Gasteiger partial charge is 0.265 e. The average molecular weight is 435 g/mol. The van der Waals surface area contributed by atoms with E-state index in [-0.39, 0.29) is 23.9 Å². The van der Waals surface area contributed by atoms with Gasteiger partial charge in [-0.05, 0) is 36.1 Å². The monoisotopic (exact) mass is 434 g/mol. The van der Waals surface area contributed by atoms with Gasteiger partial charge in [0.25, 0.3) is 10.0 Å². The molecule has 0 unspecified atom stereocenters. The summed E-state index contributed by atoms with van der Waals surface area (Å²) in [6, 6.07) is 15.8. The van der Waals surface area contributed by atoms with E-state index in [2.05, 4.69) is 5.32 Å². The Hall–Kier alpha value is -2.28. The number of hydrogen-bond donors (Lipinski definition) is 1. The van der Waals surface area contributed by atoms with E-state index in [4.69, 9.17) is 23.2 Å². The van der Waals surface area contributed by atoms with E-state index in [1.165, 1.54) is 4.31 Å². The maximum absolute atomic E-state index is 12.9. The molecule has 1 amide bonds. The van der Waals surface area contributed by atoms with Gasteiger partial charge in [-0.2, -0.15) is 0 Å². The lowest BCUT2D eigenvalue weighted by Gasteiger charge is -2.18. The summed E-state index contributed by atoms with van der Waals surface area (Å²) in [6.45, 7) is 0.215. The Labute approximate surface area is 172 Å². The Morgan fingerprint density at radius 2 is 1.71 bits per heavy atom. The molecule has 0 atom stereocenters. The Morgan fingerprint density at radius 3 is 2.50 bits per heavy atom. The fourth-order valence-electron chi connectivity index (χ4n) is 3.40. The fraction of sp³-hybridized carbons (Fsp3) is 0.150. The van der Waals surface area contributed by atoms with Gasteiger partial charge in [0.1, 0.15) is 0 Å². The molecule has 5 nitrogen and oxygen atoms in total. The van der Waals surface area contributed by atoms with Crippen molar-refractivity contribution in [3.8, 4) is 0 Å². The molecule has 0 saturated carbocycles. The molecular weight excluding hydrogens is 419 g/mol. The summed E-state index contributed by atoms with van der Waals surface area (Å²) in [6.07, 6.45) is 0.523. The van der Waals surface area contributed by atoms with Crippen LogP contribution in [0.15, 0.2) is 59.5 Å². The van der Waals surface area contributed by atoms with Crippen LogP contribution in [0.3, 0.4) is 0 Å². The first kappa shape index (κ1) is 19.1. The lowest BCUT2D eigenvalue weighted by atomic mass is 10.1. The number of halogens is 2. The summed E-state index contributed by atoms with van der Waals surface area (Å²) in [5, 5.41) is 4.97. The first-order chi connectivity index (χ1) is 13.4. The highest BCUT2D eigenvalue weighted by Crippen LogP contribution is 2.42. The zero-order chi connectivity index (χ0) is 19.9. The van der Waals surface area contributed by atoms with Gasteiger partial charge in [0.2, 0.25) is 5.91 Å². The molecule has 1 aliphatic heterocycles. The number of hydrogen-bond acceptors (Lipinski definition) is 3. The summed E-state index contributed by atoms with van der Waals surface area (Å²) in [5.74, 6) is -0.253. The molecule has 0 bridgehead atoms. The lowest BCUT2D eigenvalue weighted by molar-refractivity contribution is -0.116. The highest BCUT2D eigenvalue weighted by atomic mass is 35.5. The summed E-state index contributed by atoms with van der Waals surface area (Å²) >= 11 is 12.0. The van der Waals surface area contributed by atoms with E-state index < -0.39 is 10.0 Å². The molecule has 0 aliphatic carbocycles. The maximum Gasteiger partial charge on any atom is 0.265 e. The second kappa shape index (κ2) is 7.28. The molecule has 0 fully saturated rings. The topological polar surface area (TPSA) is 66.5 Å². The van der Waals surface area contributed by atoms with E-state index in [0.29, 0.717) is 27.7 Å². The predicted octanol–water partition coefficient (Wildman–Crippen LogP) is 5.07. The van der Waals surface area contributed by atoms with Gasteiger partial charge in [-0.3, -0.25) is 9.10 Å². The molecule has 0 spiro atoms. The van der Waals surface area contributed by atoms with Gasteiger partial charge >= 0.3 is 0 Å². The molecule has 4 rings (SSSR count). The standard InChI is InChI=1S/C20H16Cl2N2O3S/c21-14-7-3-8-15(20(14)22)23-18(25)11-4-12-24-16-9-1-5-13-6-2-10-17(19(13)16)28(24,26)27/h1-3,5-10H,4,11-12H2,(H,23,25). The molecular formula is C20H16Cl2N2O3S. The van der Waals surface area contributed by atoms with Crippen molar-refractivity contribution in [2.24, 2.45) is 0 Å². The van der Waals surface area contributed by atoms with Crippen LogP contribution in [-0.4, -0.2) is 20.9 Å². The van der Waals surface area contributed by atoms with Crippen LogP contribution in [0, 0.1) is 0 Å². The Balaban J connectivity index is 1.47. The van der Waals surface area contributed by atoms with Crippen LogP contribution in [0.5, 0.6) is 0 Å². The van der Waals surface area contributed by atoms with Crippen LogP contribution in [0.25, 0.3) is 10.8 Å². The van der Waals surface area contributed by atoms with Crippen molar-refractivity contribution in [2.75, 3.05) is 16.2 Å². The third kappa shape index (κ3) is 3.21. The van der Waals surface area contributed by atoms with Crippen LogP contribution in [0.2, 0.25) is 10.0 Å². The molecule has 0 saturated heterocycles. The summed E-state index contributed by atoms with van der Waals surface area (Å²) in [7, 11) is -3.60. The van der Waals surface area contributed by atoms with Crippen molar-refractivity contribution >= 4 is 61.3 Å². The number of nitrogens with one attached hydrogen (secondary N) is 1. The Kier molecular flexibility index (Phi) is 4.95. The second-order valence-corrected chi connectivity index (χ2v) is 9.08. The number of carbonyl (C=O) groups is 1. The van der Waals surface area contributed by atoms with Gasteiger partial charge < -0.3 is 5.32 Å². The van der Waals surface area contributed by atoms with Crippen molar-refractivity contribution in [3.63, 3.8) is 0 Å². The molecule has 144 valence electrons. The zero-order valence-electron chi connectivity index (χ0n) is 14.7. The van der Waals surface area contributed by atoms with E-state index in [0.717, 1.165) is 10.8 Å². The number of amides is 1. The number of benzene rings is 3. The van der Waals surface area contributed by atoms with Crippen molar-refractivity contribution in [2.45, 2.75) is 17.7 Å². The van der Waals surface area contributed by atoms with E-state index in [1.54, 1.807) is 36.4 Å². The number of anilines is 2. The Morgan fingerprint density at radius 1 is 1.00 bits per heavy atom. The molecule has 1 N–H and O–H groups in total. The van der Waals surface area contributed by atoms with Gasteiger partial charge in [0.15, 0.2) is 0 Å². The third-order valence-electron chi connectivity index (χ3n) is 4.67. The number of nitrogens with zero attached hydrogens (tertiary/aromatic N) is 1. The normalized spacial score (nSPS) is 14.4. The van der Waals surface area contributed by atoms with Crippen LogP contribution < -0.4 is 9.62 Å². The van der Waals surface area contributed by atoms with Crippen LogP contribution in [-0.2, 0) is 14.8 Å².